The molecule has 0 spiro atoms. The van der Waals surface area contributed by atoms with Gasteiger partial charge in [0.25, 0.3) is 5.91 Å². The zero-order chi connectivity index (χ0) is 20.7. The number of benzene rings is 2. The lowest BCUT2D eigenvalue weighted by Crippen LogP contribution is -2.31. The van der Waals surface area contributed by atoms with E-state index in [0.717, 1.165) is 11.1 Å². The average molecular weight is 417 g/mol. The van der Waals surface area contributed by atoms with Gasteiger partial charge in [0.05, 0.1) is 21.6 Å². The number of nitrogens with zero attached hydrogens (tertiary/aromatic N) is 2. The van der Waals surface area contributed by atoms with Gasteiger partial charge in [-0.25, -0.2) is 4.79 Å². The lowest BCUT2D eigenvalue weighted by atomic mass is 10.1. The number of amides is 1. The fourth-order valence-corrected chi connectivity index (χ4v) is 4.51. The number of carboxylic acids is 1. The van der Waals surface area contributed by atoms with Crippen molar-refractivity contribution in [3.63, 3.8) is 0 Å². The molecule has 0 aliphatic carbocycles. The van der Waals surface area contributed by atoms with Gasteiger partial charge < -0.3 is 15.2 Å². The van der Waals surface area contributed by atoms with Crippen molar-refractivity contribution in [1.82, 2.24) is 9.97 Å². The molecule has 1 unspecified atom stereocenters. The molecule has 1 atom stereocenters. The van der Waals surface area contributed by atoms with Crippen molar-refractivity contribution in [2.45, 2.75) is 12.5 Å². The molecule has 1 aliphatic rings. The SMILES string of the molecule is O=C(O)c1c(NC(=O)C2Cc3ccccc3O2)csc1-c1ccc2nccnc2c1. The molecule has 0 saturated heterocycles. The summed E-state index contributed by atoms with van der Waals surface area (Å²) >= 11 is 1.25. The van der Waals surface area contributed by atoms with Crippen LogP contribution in [0.3, 0.4) is 0 Å². The third kappa shape index (κ3) is 3.17. The molecule has 148 valence electrons. The van der Waals surface area contributed by atoms with Crippen LogP contribution in [0, 0.1) is 0 Å². The van der Waals surface area contributed by atoms with Gasteiger partial charge in [-0.05, 0) is 29.3 Å². The predicted octanol–water partition coefficient (Wildman–Crippen LogP) is 4.00. The number of thiophene rings is 1. The number of carbonyl (C=O) groups excluding carboxylic acids is 1. The number of carboxylic acid groups (broad SMARTS) is 1. The fourth-order valence-electron chi connectivity index (χ4n) is 3.52. The standard InChI is InChI=1S/C22H15N3O4S/c26-21(18-10-12-3-1-2-4-17(12)29-18)25-16-11-30-20(19(16)22(27)28)13-5-6-14-15(9-13)24-8-7-23-14/h1-9,11,18H,10H2,(H,25,26)(H,27,28). The van der Waals surface area contributed by atoms with E-state index in [0.29, 0.717) is 28.1 Å². The largest absolute Gasteiger partial charge is 0.480 e. The van der Waals surface area contributed by atoms with E-state index in [1.807, 2.05) is 24.3 Å². The minimum atomic E-state index is -1.11. The van der Waals surface area contributed by atoms with Crippen LogP contribution in [0.5, 0.6) is 5.75 Å². The Hall–Kier alpha value is -3.78. The molecule has 7 nitrogen and oxygen atoms in total. The lowest BCUT2D eigenvalue weighted by Gasteiger charge is -2.11. The predicted molar refractivity (Wildman–Crippen MR) is 113 cm³/mol. The number of hydrogen-bond acceptors (Lipinski definition) is 6. The maximum Gasteiger partial charge on any atom is 0.339 e. The molecule has 1 amide bonds. The highest BCUT2D eigenvalue weighted by Crippen LogP contribution is 2.37. The van der Waals surface area contributed by atoms with Crippen LogP contribution >= 0.6 is 11.3 Å². The van der Waals surface area contributed by atoms with E-state index in [-0.39, 0.29) is 17.2 Å². The molecule has 30 heavy (non-hydrogen) atoms. The summed E-state index contributed by atoms with van der Waals surface area (Å²) in [7, 11) is 0. The Morgan fingerprint density at radius 1 is 1.10 bits per heavy atom. The Morgan fingerprint density at radius 2 is 1.90 bits per heavy atom. The van der Waals surface area contributed by atoms with Crippen LogP contribution in [0.25, 0.3) is 21.5 Å². The molecule has 2 N–H and O–H groups in total. The number of carbonyl (C=O) groups is 2. The summed E-state index contributed by atoms with van der Waals surface area (Å²) < 4.78 is 5.71. The summed E-state index contributed by atoms with van der Waals surface area (Å²) in [5.74, 6) is -0.807. The van der Waals surface area contributed by atoms with Crippen LogP contribution in [-0.4, -0.2) is 33.1 Å². The smallest absolute Gasteiger partial charge is 0.339 e. The van der Waals surface area contributed by atoms with E-state index in [2.05, 4.69) is 15.3 Å². The summed E-state index contributed by atoms with van der Waals surface area (Å²) in [5.41, 5.74) is 3.36. The third-order valence-electron chi connectivity index (χ3n) is 4.93. The highest BCUT2D eigenvalue weighted by molar-refractivity contribution is 7.14. The highest BCUT2D eigenvalue weighted by Gasteiger charge is 2.30. The number of para-hydroxylation sites is 1. The first-order chi connectivity index (χ1) is 14.6. The Balaban J connectivity index is 1.44. The van der Waals surface area contributed by atoms with Crippen LogP contribution in [0.2, 0.25) is 0 Å². The number of aromatic nitrogens is 2. The number of nitrogens with one attached hydrogen (secondary N) is 1. The van der Waals surface area contributed by atoms with Gasteiger partial charge in [0.15, 0.2) is 6.10 Å². The maximum absolute atomic E-state index is 12.7. The van der Waals surface area contributed by atoms with Crippen molar-refractivity contribution in [2.75, 3.05) is 5.32 Å². The molecule has 1 aliphatic heterocycles. The van der Waals surface area contributed by atoms with Gasteiger partial charge >= 0.3 is 5.97 Å². The fraction of sp³-hybridized carbons (Fsp3) is 0.0909. The Bertz CT molecular complexity index is 1280. The number of anilines is 1. The first-order valence-corrected chi connectivity index (χ1v) is 10.1. The monoisotopic (exact) mass is 417 g/mol. The van der Waals surface area contributed by atoms with E-state index in [4.69, 9.17) is 4.74 Å². The second-order valence-corrected chi connectivity index (χ2v) is 7.71. The Kier molecular flexibility index (Phi) is 4.40. The first kappa shape index (κ1) is 18.3. The van der Waals surface area contributed by atoms with E-state index in [1.165, 1.54) is 11.3 Å². The molecule has 2 aromatic carbocycles. The van der Waals surface area contributed by atoms with Crippen LogP contribution in [0.15, 0.2) is 60.2 Å². The van der Waals surface area contributed by atoms with Gasteiger partial charge in [-0.3, -0.25) is 14.8 Å². The minimum Gasteiger partial charge on any atom is -0.480 e. The van der Waals surface area contributed by atoms with Crippen molar-refractivity contribution in [1.29, 1.82) is 0 Å². The maximum atomic E-state index is 12.7. The second kappa shape index (κ2) is 7.23. The lowest BCUT2D eigenvalue weighted by molar-refractivity contribution is -0.122. The molecule has 0 saturated carbocycles. The zero-order valence-electron chi connectivity index (χ0n) is 15.5. The van der Waals surface area contributed by atoms with Gasteiger partial charge in [0.2, 0.25) is 0 Å². The van der Waals surface area contributed by atoms with Gasteiger partial charge in [0.1, 0.15) is 11.3 Å². The summed E-state index contributed by atoms with van der Waals surface area (Å²) in [6.07, 6.45) is 2.95. The molecule has 2 aromatic heterocycles. The molecule has 3 heterocycles. The quantitative estimate of drug-likeness (QED) is 0.520. The van der Waals surface area contributed by atoms with Crippen molar-refractivity contribution in [3.05, 3.63) is 71.4 Å². The van der Waals surface area contributed by atoms with Crippen LogP contribution in [0.1, 0.15) is 15.9 Å². The number of aromatic carboxylic acids is 1. The van der Waals surface area contributed by atoms with E-state index in [9.17, 15) is 14.7 Å². The molecule has 0 radical (unpaired) electrons. The molecular formula is C22H15N3O4S. The zero-order valence-corrected chi connectivity index (χ0v) is 16.3. The van der Waals surface area contributed by atoms with Crippen molar-refractivity contribution in [2.24, 2.45) is 0 Å². The van der Waals surface area contributed by atoms with Gasteiger partial charge in [-0.2, -0.15) is 0 Å². The number of fused-ring (bicyclic) bond motifs is 2. The first-order valence-electron chi connectivity index (χ1n) is 9.21. The second-order valence-electron chi connectivity index (χ2n) is 6.83. The van der Waals surface area contributed by atoms with Crippen LogP contribution in [0.4, 0.5) is 5.69 Å². The molecular weight excluding hydrogens is 402 g/mol. The Morgan fingerprint density at radius 3 is 2.70 bits per heavy atom. The summed E-state index contributed by atoms with van der Waals surface area (Å²) in [6, 6.07) is 12.9. The van der Waals surface area contributed by atoms with Crippen LogP contribution < -0.4 is 10.1 Å². The summed E-state index contributed by atoms with van der Waals surface area (Å²) in [5, 5.41) is 14.2. The Labute approximate surface area is 175 Å². The van der Waals surface area contributed by atoms with Gasteiger partial charge in [-0.15, -0.1) is 11.3 Å². The summed E-state index contributed by atoms with van der Waals surface area (Å²) in [6.45, 7) is 0. The summed E-state index contributed by atoms with van der Waals surface area (Å²) in [4.78, 5) is 33.8. The molecule has 8 heteroatoms. The topological polar surface area (TPSA) is 101 Å². The van der Waals surface area contributed by atoms with Crippen molar-refractivity contribution >= 4 is 39.9 Å². The van der Waals surface area contributed by atoms with Crippen molar-refractivity contribution < 1.29 is 19.4 Å². The van der Waals surface area contributed by atoms with Crippen molar-refractivity contribution in [3.8, 4) is 16.2 Å². The number of ether oxygens (including phenoxy) is 1. The molecule has 4 aromatic rings. The highest BCUT2D eigenvalue weighted by atomic mass is 32.1. The minimum absolute atomic E-state index is 0.0482. The number of hydrogen-bond donors (Lipinski definition) is 2. The third-order valence-corrected chi connectivity index (χ3v) is 5.96. The van der Waals surface area contributed by atoms with E-state index < -0.39 is 12.1 Å². The van der Waals surface area contributed by atoms with Gasteiger partial charge in [-0.1, -0.05) is 24.3 Å². The normalized spacial score (nSPS) is 14.9. The molecule has 5 rings (SSSR count). The van der Waals surface area contributed by atoms with E-state index >= 15 is 0 Å². The average Bonchev–Trinajstić information content (AvgIpc) is 3.37. The number of rotatable bonds is 4. The molecule has 0 fully saturated rings. The van der Waals surface area contributed by atoms with Gasteiger partial charge in [0, 0.05) is 24.2 Å². The van der Waals surface area contributed by atoms with E-state index in [1.54, 1.807) is 36.0 Å². The molecule has 0 bridgehead atoms. The van der Waals surface area contributed by atoms with Crippen LogP contribution in [-0.2, 0) is 11.2 Å².